The summed E-state index contributed by atoms with van der Waals surface area (Å²) >= 11 is 0. The maximum absolute atomic E-state index is 13.9. The normalized spacial score (nSPS) is 21.6. The molecule has 6 aliphatic rings. The molecule has 5 aliphatic heterocycles. The van der Waals surface area contributed by atoms with Crippen molar-refractivity contribution < 1.29 is 42.6 Å². The van der Waals surface area contributed by atoms with Crippen molar-refractivity contribution in [2.24, 2.45) is 16.3 Å². The molecule has 6 amide bonds. The van der Waals surface area contributed by atoms with Crippen LogP contribution in [0.3, 0.4) is 0 Å². The number of ether oxygens (including phenoxy) is 2. The highest BCUT2D eigenvalue weighted by atomic mass is 19.1. The number of nitrogens with one attached hydrogen (secondary N) is 4. The number of pyridine rings is 1. The van der Waals surface area contributed by atoms with Crippen molar-refractivity contribution >= 4 is 81.0 Å². The highest BCUT2D eigenvalue weighted by molar-refractivity contribution is 6.17. The molecule has 6 heterocycles. The van der Waals surface area contributed by atoms with E-state index in [4.69, 9.17) is 14.5 Å². The molecule has 4 N–H and O–H groups in total. The molecular weight excluding hydrogens is 936 g/mol. The van der Waals surface area contributed by atoms with Crippen LogP contribution in [0.25, 0.3) is 10.9 Å². The molecule has 0 radical (unpaired) electrons. The molecule has 376 valence electrons. The Hall–Kier alpha value is -7.77. The van der Waals surface area contributed by atoms with E-state index < -0.39 is 40.9 Å². The van der Waals surface area contributed by atoms with Crippen molar-refractivity contribution in [1.82, 2.24) is 25.0 Å². The van der Waals surface area contributed by atoms with Crippen molar-refractivity contribution in [2.45, 2.75) is 63.1 Å². The summed E-state index contributed by atoms with van der Waals surface area (Å²) < 4.78 is 25.7. The van der Waals surface area contributed by atoms with Crippen LogP contribution in [0.4, 0.5) is 32.8 Å². The maximum Gasteiger partial charge on any atom is 0.259 e. The second kappa shape index (κ2) is 19.7. The molecule has 5 aromatic rings. The third-order valence-corrected chi connectivity index (χ3v) is 15.2. The average Bonchev–Trinajstić information content (AvgIpc) is 4.04. The zero-order valence-electron chi connectivity index (χ0n) is 40.3. The first-order valence-corrected chi connectivity index (χ1v) is 24.9. The van der Waals surface area contributed by atoms with Gasteiger partial charge in [0.05, 0.1) is 48.3 Å². The first-order valence-electron chi connectivity index (χ1n) is 24.9. The summed E-state index contributed by atoms with van der Waals surface area (Å²) in [5.74, 6) is -0.366. The van der Waals surface area contributed by atoms with E-state index in [9.17, 15) is 33.2 Å². The van der Waals surface area contributed by atoms with Gasteiger partial charge in [-0.15, -0.1) is 0 Å². The van der Waals surface area contributed by atoms with Crippen LogP contribution < -0.4 is 35.6 Å². The summed E-state index contributed by atoms with van der Waals surface area (Å²) in [6, 6.07) is 23.1. The van der Waals surface area contributed by atoms with Gasteiger partial charge in [0, 0.05) is 80.4 Å². The minimum absolute atomic E-state index is 0.108. The van der Waals surface area contributed by atoms with Gasteiger partial charge in [-0.25, -0.2) is 4.39 Å². The predicted molar refractivity (Wildman–Crippen MR) is 271 cm³/mol. The number of aliphatic imine (C=N–C) groups is 1. The number of carbonyl (C=O) groups excluding carboxylic acids is 6. The van der Waals surface area contributed by atoms with Gasteiger partial charge in [0.2, 0.25) is 29.5 Å². The van der Waals surface area contributed by atoms with E-state index >= 15 is 0 Å². The number of carbonyl (C=O) groups is 6. The first kappa shape index (κ1) is 47.5. The zero-order valence-corrected chi connectivity index (χ0v) is 40.3. The molecule has 4 saturated heterocycles. The average molecular weight is 991 g/mol. The number of amides is 6. The molecule has 1 aromatic heterocycles. The number of hydrogen-bond donors (Lipinski definition) is 4. The van der Waals surface area contributed by atoms with Gasteiger partial charge in [0.25, 0.3) is 5.91 Å². The van der Waals surface area contributed by atoms with E-state index in [1.54, 1.807) is 68.1 Å². The van der Waals surface area contributed by atoms with Gasteiger partial charge in [0.15, 0.2) is 0 Å². The van der Waals surface area contributed by atoms with Crippen LogP contribution in [0.1, 0.15) is 55.3 Å². The summed E-state index contributed by atoms with van der Waals surface area (Å²) in [6.45, 7) is 4.71. The lowest BCUT2D eigenvalue weighted by Gasteiger charge is -2.39. The summed E-state index contributed by atoms with van der Waals surface area (Å²) in [5, 5.41) is 11.7. The fourth-order valence-corrected chi connectivity index (χ4v) is 11.1. The van der Waals surface area contributed by atoms with Crippen LogP contribution in [0.5, 0.6) is 17.2 Å². The zero-order chi connectivity index (χ0) is 50.4. The highest BCUT2D eigenvalue weighted by Gasteiger charge is 2.56. The molecule has 2 bridgehead atoms. The largest absolute Gasteiger partial charge is 0.495 e. The smallest absolute Gasteiger partial charge is 0.259 e. The quantitative estimate of drug-likeness (QED) is 0.0735. The molecular formula is C54H55FN10O8. The number of piperidine rings is 2. The lowest BCUT2D eigenvalue weighted by atomic mass is 9.95. The lowest BCUT2D eigenvalue weighted by molar-refractivity contribution is -0.137. The second-order valence-electron chi connectivity index (χ2n) is 19.8. The topological polar surface area (TPSA) is 207 Å². The van der Waals surface area contributed by atoms with Gasteiger partial charge >= 0.3 is 0 Å². The highest BCUT2D eigenvalue weighted by Crippen LogP contribution is 2.48. The number of halogens is 1. The van der Waals surface area contributed by atoms with Crippen molar-refractivity contribution in [1.29, 1.82) is 0 Å². The van der Waals surface area contributed by atoms with Gasteiger partial charge in [-0.05, 0) is 123 Å². The van der Waals surface area contributed by atoms with Crippen molar-refractivity contribution in [3.63, 3.8) is 0 Å². The molecule has 18 nitrogen and oxygen atoms in total. The molecule has 3 atom stereocenters. The van der Waals surface area contributed by atoms with E-state index in [0.717, 1.165) is 74.3 Å². The Balaban J connectivity index is 0.661. The monoisotopic (exact) mass is 990 g/mol. The molecule has 1 saturated carbocycles. The van der Waals surface area contributed by atoms with Gasteiger partial charge in [-0.2, -0.15) is 0 Å². The second-order valence-corrected chi connectivity index (χ2v) is 19.8. The van der Waals surface area contributed by atoms with Crippen LogP contribution in [0.2, 0.25) is 0 Å². The van der Waals surface area contributed by atoms with Crippen LogP contribution in [0.15, 0.2) is 96.1 Å². The number of methoxy groups -OCH3 is 1. The first-order chi connectivity index (χ1) is 35.4. The number of fused-ring (bicyclic) bond motifs is 4. The minimum atomic E-state index is -1.18. The van der Waals surface area contributed by atoms with Crippen molar-refractivity contribution in [3.8, 4) is 17.2 Å². The van der Waals surface area contributed by atoms with Crippen LogP contribution >= 0.6 is 0 Å². The number of piperazine rings is 1. The number of benzene rings is 4. The number of rotatable bonds is 14. The Labute approximate surface area is 420 Å². The molecule has 11 rings (SSSR count). The number of anilines is 4. The van der Waals surface area contributed by atoms with E-state index in [1.807, 2.05) is 6.07 Å². The van der Waals surface area contributed by atoms with Crippen LogP contribution in [-0.2, 0) is 24.0 Å². The Morgan fingerprint density at radius 2 is 1.55 bits per heavy atom. The molecule has 5 fully saturated rings. The fourth-order valence-electron chi connectivity index (χ4n) is 11.1. The maximum atomic E-state index is 13.9. The number of nitrogens with zero attached hydrogens (tertiary/aromatic N) is 6. The van der Waals surface area contributed by atoms with Gasteiger partial charge in [-0.1, -0.05) is 6.07 Å². The Bertz CT molecular complexity index is 3050. The number of aromatic nitrogens is 1. The number of likely N-dealkylation sites (tertiary alicyclic amines) is 2. The summed E-state index contributed by atoms with van der Waals surface area (Å²) in [5.41, 5.74) is 2.49. The SMILES string of the molecule is COc1cc2c(Oc3ccc(NC(=O)C4(C(=O)Nc5ccc(F)cc5)CC4)cc3)ccnc2cc1N1CCC(CN2C[C@@H]3C[C@H]2CN3CC(=O)Nc2cccc3c2C(=O)N(C2CCC(=O)NC2=O)CC=N3)CC1. The van der Waals surface area contributed by atoms with Gasteiger partial charge in [0.1, 0.15) is 34.5 Å². The van der Waals surface area contributed by atoms with Crippen molar-refractivity contribution in [2.75, 3.05) is 73.8 Å². The van der Waals surface area contributed by atoms with Gasteiger partial charge in [-0.3, -0.25) is 53.9 Å². The van der Waals surface area contributed by atoms with Crippen LogP contribution in [0, 0.1) is 17.2 Å². The lowest BCUT2D eigenvalue weighted by Crippen LogP contribution is -2.54. The van der Waals surface area contributed by atoms with Gasteiger partial charge < -0.3 is 35.2 Å². The Morgan fingerprint density at radius 1 is 0.836 bits per heavy atom. The molecule has 0 spiro atoms. The van der Waals surface area contributed by atoms with E-state index in [0.29, 0.717) is 59.0 Å². The Morgan fingerprint density at radius 3 is 2.23 bits per heavy atom. The number of imide groups is 1. The van der Waals surface area contributed by atoms with E-state index in [2.05, 4.69) is 47.0 Å². The van der Waals surface area contributed by atoms with Crippen LogP contribution in [-0.4, -0.2) is 132 Å². The Kier molecular flexibility index (Phi) is 12.8. The fraction of sp³-hybridized carbons (Fsp3) is 0.370. The third kappa shape index (κ3) is 9.69. The minimum Gasteiger partial charge on any atom is -0.495 e. The molecule has 4 aromatic carbocycles. The number of hydrogen-bond acceptors (Lipinski definition) is 13. The summed E-state index contributed by atoms with van der Waals surface area (Å²) in [4.78, 5) is 96.1. The predicted octanol–water partition coefficient (Wildman–Crippen LogP) is 6.11. The van der Waals surface area contributed by atoms with Crippen molar-refractivity contribution in [3.05, 3.63) is 103 Å². The third-order valence-electron chi connectivity index (χ3n) is 15.2. The van der Waals surface area contributed by atoms with E-state index in [-0.39, 0.29) is 49.4 Å². The molecule has 1 unspecified atom stereocenters. The standard InChI is InChI=1S/C54H55FN10O8/c1-72-46-26-39-42(56-20-15-45(39)73-38-11-9-35(10-12-38)59-53(71)54(18-19-54)52(70)58-34-7-5-33(55)6-8-34)27-44(46)62-22-16-32(17-23-62)28-63-29-37-25-36(63)30-64(37)31-48(67)60-41-4-2-3-40-49(41)51(69)65(24-21-57-40)43-13-14-47(66)61-50(43)68/h2-12,15,20-21,26-27,32,36-37,43H,13-14,16-19,22-25,28-31H2,1H3,(H,58,70)(H,59,71)(H,60,67)(H,61,66,68)/t36-,37-,43?/m0/s1. The molecule has 73 heavy (non-hydrogen) atoms. The molecule has 1 aliphatic carbocycles. The summed E-state index contributed by atoms with van der Waals surface area (Å²) in [7, 11) is 1.67. The summed E-state index contributed by atoms with van der Waals surface area (Å²) in [6.07, 6.45) is 7.53. The van der Waals surface area contributed by atoms with E-state index in [1.165, 1.54) is 29.2 Å². The molecule has 19 heteroatoms.